The summed E-state index contributed by atoms with van der Waals surface area (Å²) in [6.45, 7) is 0.442. The number of rotatable bonds is 4. The molecule has 1 heterocycles. The summed E-state index contributed by atoms with van der Waals surface area (Å²) in [5.74, 6) is -1.35. The molecule has 1 atom stereocenters. The number of carbonyl (C=O) groups is 2. The van der Waals surface area contributed by atoms with Crippen molar-refractivity contribution in [2.45, 2.75) is 43.7 Å². The Morgan fingerprint density at radius 1 is 0.938 bits per heavy atom. The number of hydrogen-bond acceptors (Lipinski definition) is 2. The van der Waals surface area contributed by atoms with Crippen molar-refractivity contribution in [3.63, 3.8) is 0 Å². The van der Waals surface area contributed by atoms with Gasteiger partial charge in [-0.25, -0.2) is 4.39 Å². The van der Waals surface area contributed by atoms with Crippen molar-refractivity contribution < 1.29 is 14.0 Å². The predicted octanol–water partition coefficient (Wildman–Crippen LogP) is 5.52. The van der Waals surface area contributed by atoms with Crippen LogP contribution in [0.4, 0.5) is 10.1 Å². The molecule has 5 rings (SSSR count). The summed E-state index contributed by atoms with van der Waals surface area (Å²) in [4.78, 5) is 29.3. The van der Waals surface area contributed by atoms with Crippen molar-refractivity contribution in [2.24, 2.45) is 0 Å². The molecule has 3 aromatic rings. The Balaban J connectivity index is 1.61. The third-order valence-electron chi connectivity index (χ3n) is 6.87. The first-order chi connectivity index (χ1) is 15.6. The van der Waals surface area contributed by atoms with E-state index in [1.165, 1.54) is 6.07 Å². The highest BCUT2D eigenvalue weighted by molar-refractivity contribution is 6.05. The van der Waals surface area contributed by atoms with Gasteiger partial charge in [0.05, 0.1) is 17.1 Å². The minimum Gasteiger partial charge on any atom is -0.327 e. The van der Waals surface area contributed by atoms with Gasteiger partial charge in [-0.15, -0.1) is 0 Å². The first-order valence-electron chi connectivity index (χ1n) is 11.1. The first-order valence-corrected chi connectivity index (χ1v) is 11.1. The van der Waals surface area contributed by atoms with Crippen LogP contribution in [0.3, 0.4) is 0 Å². The van der Waals surface area contributed by atoms with Gasteiger partial charge >= 0.3 is 0 Å². The highest BCUT2D eigenvalue weighted by Gasteiger charge is 2.55. The van der Waals surface area contributed by atoms with Crippen molar-refractivity contribution in [3.8, 4) is 0 Å². The largest absolute Gasteiger partial charge is 0.327 e. The number of anilines is 1. The Morgan fingerprint density at radius 3 is 2.34 bits per heavy atom. The summed E-state index contributed by atoms with van der Waals surface area (Å²) in [7, 11) is 0. The van der Waals surface area contributed by atoms with E-state index in [-0.39, 0.29) is 17.5 Å². The number of halogens is 1. The van der Waals surface area contributed by atoms with E-state index in [2.05, 4.69) is 5.32 Å². The Labute approximate surface area is 187 Å². The second-order valence-electron chi connectivity index (χ2n) is 8.68. The predicted molar refractivity (Wildman–Crippen MR) is 122 cm³/mol. The van der Waals surface area contributed by atoms with Gasteiger partial charge in [0.25, 0.3) is 5.91 Å². The monoisotopic (exact) mass is 428 g/mol. The Hall–Kier alpha value is -3.47. The quantitative estimate of drug-likeness (QED) is 0.595. The van der Waals surface area contributed by atoms with E-state index >= 15 is 0 Å². The topological polar surface area (TPSA) is 49.4 Å². The zero-order valence-corrected chi connectivity index (χ0v) is 17.8. The number of nitrogens with zero attached hydrogens (tertiary/aromatic N) is 1. The molecule has 1 N–H and O–H groups in total. The molecule has 0 radical (unpaired) electrons. The molecule has 2 amide bonds. The van der Waals surface area contributed by atoms with Crippen LogP contribution >= 0.6 is 0 Å². The van der Waals surface area contributed by atoms with E-state index in [4.69, 9.17) is 0 Å². The molecule has 0 unspecified atom stereocenters. The molecule has 3 aromatic carbocycles. The van der Waals surface area contributed by atoms with E-state index in [1.54, 1.807) is 24.3 Å². The zero-order chi connectivity index (χ0) is 22.1. The third-order valence-corrected chi connectivity index (χ3v) is 6.87. The lowest BCUT2D eigenvalue weighted by Gasteiger charge is -2.50. The summed E-state index contributed by atoms with van der Waals surface area (Å²) < 4.78 is 14.3. The number of carbonyl (C=O) groups excluding carboxylic acids is 2. The van der Waals surface area contributed by atoms with Gasteiger partial charge in [0.1, 0.15) is 5.82 Å². The van der Waals surface area contributed by atoms with Crippen LogP contribution in [-0.4, -0.2) is 22.3 Å². The van der Waals surface area contributed by atoms with Crippen LogP contribution in [0.25, 0.3) is 0 Å². The molecule has 1 fully saturated rings. The Kier molecular flexibility index (Phi) is 5.25. The first kappa shape index (κ1) is 20.4. The second-order valence-corrected chi connectivity index (χ2v) is 8.68. The average molecular weight is 429 g/mol. The van der Waals surface area contributed by atoms with Gasteiger partial charge in [-0.05, 0) is 42.2 Å². The van der Waals surface area contributed by atoms with Crippen LogP contribution in [0.5, 0.6) is 0 Å². The summed E-state index contributed by atoms with van der Waals surface area (Å²) in [6, 6.07) is 23.4. The lowest BCUT2D eigenvalue weighted by molar-refractivity contribution is -0.121. The van der Waals surface area contributed by atoms with Crippen molar-refractivity contribution in [2.75, 3.05) is 5.32 Å². The van der Waals surface area contributed by atoms with E-state index in [0.29, 0.717) is 12.1 Å². The van der Waals surface area contributed by atoms with Crippen LogP contribution < -0.4 is 5.32 Å². The molecule has 1 aliphatic carbocycles. The fourth-order valence-corrected chi connectivity index (χ4v) is 5.43. The van der Waals surface area contributed by atoms with Gasteiger partial charge in [0, 0.05) is 12.1 Å². The van der Waals surface area contributed by atoms with Gasteiger partial charge in [-0.1, -0.05) is 73.5 Å². The molecule has 0 bridgehead atoms. The molecule has 0 aromatic heterocycles. The molecule has 2 aliphatic rings. The highest BCUT2D eigenvalue weighted by atomic mass is 19.1. The molecule has 1 saturated carbocycles. The molecule has 162 valence electrons. The molecule has 0 saturated heterocycles. The van der Waals surface area contributed by atoms with E-state index in [9.17, 15) is 14.0 Å². The second kappa shape index (κ2) is 8.23. The van der Waals surface area contributed by atoms with Gasteiger partial charge in [-0.2, -0.15) is 0 Å². The van der Waals surface area contributed by atoms with E-state index in [1.807, 2.05) is 53.4 Å². The third kappa shape index (κ3) is 3.38. The maximum Gasteiger partial charge on any atom is 0.254 e. The number of hydrogen-bond donors (Lipinski definition) is 1. The van der Waals surface area contributed by atoms with Gasteiger partial charge in [0.2, 0.25) is 5.91 Å². The standard InChI is InChI=1S/C27H25FN2O2/c28-22-14-6-7-15-23(22)29-25(31)24-20-12-4-5-13-21(20)26(32)30(27(24)16-8-9-17-27)18-19-10-2-1-3-11-19/h1-7,10-15,24H,8-9,16-18H2,(H,29,31)/t24-/m1/s1. The summed E-state index contributed by atoms with van der Waals surface area (Å²) in [6.07, 6.45) is 3.39. The van der Waals surface area contributed by atoms with Gasteiger partial charge < -0.3 is 10.2 Å². The van der Waals surface area contributed by atoms with E-state index < -0.39 is 17.3 Å². The molecule has 1 spiro atoms. The summed E-state index contributed by atoms with van der Waals surface area (Å²) in [5, 5.41) is 2.82. The van der Waals surface area contributed by atoms with Gasteiger partial charge in [-0.3, -0.25) is 9.59 Å². The normalized spacial score (nSPS) is 19.1. The molecular weight excluding hydrogens is 403 g/mol. The van der Waals surface area contributed by atoms with Crippen LogP contribution in [-0.2, 0) is 11.3 Å². The summed E-state index contributed by atoms with van der Waals surface area (Å²) in [5.41, 5.74) is 1.85. The molecule has 4 nitrogen and oxygen atoms in total. The van der Waals surface area contributed by atoms with Crippen molar-refractivity contribution >= 4 is 17.5 Å². The van der Waals surface area contributed by atoms with Crippen LogP contribution in [0.1, 0.15) is 53.1 Å². The maximum absolute atomic E-state index is 14.3. The van der Waals surface area contributed by atoms with Crippen LogP contribution in [0, 0.1) is 5.82 Å². The number of nitrogens with one attached hydrogen (secondary N) is 1. The fraction of sp³-hybridized carbons (Fsp3) is 0.259. The molecule has 32 heavy (non-hydrogen) atoms. The number of amides is 2. The maximum atomic E-state index is 14.3. The summed E-state index contributed by atoms with van der Waals surface area (Å²) >= 11 is 0. The molecule has 5 heteroatoms. The number of benzene rings is 3. The minimum absolute atomic E-state index is 0.0405. The minimum atomic E-state index is -0.628. The smallest absolute Gasteiger partial charge is 0.254 e. The van der Waals surface area contributed by atoms with Gasteiger partial charge in [0.15, 0.2) is 0 Å². The molecule has 1 aliphatic heterocycles. The number of para-hydroxylation sites is 1. The average Bonchev–Trinajstić information content (AvgIpc) is 3.29. The zero-order valence-electron chi connectivity index (χ0n) is 17.8. The Bertz CT molecular complexity index is 1160. The van der Waals surface area contributed by atoms with Crippen molar-refractivity contribution in [3.05, 3.63) is 101 Å². The van der Waals surface area contributed by atoms with Crippen LogP contribution in [0.15, 0.2) is 78.9 Å². The lowest BCUT2D eigenvalue weighted by Crippen LogP contribution is -2.59. The number of fused-ring (bicyclic) bond motifs is 1. The molecular formula is C27H25FN2O2. The Morgan fingerprint density at radius 2 is 1.59 bits per heavy atom. The van der Waals surface area contributed by atoms with E-state index in [0.717, 1.165) is 36.8 Å². The SMILES string of the molecule is O=C(Nc1ccccc1F)[C@H]1c2ccccc2C(=O)N(Cc2ccccc2)C12CCCC2. The van der Waals surface area contributed by atoms with Crippen LogP contribution in [0.2, 0.25) is 0 Å². The highest BCUT2D eigenvalue weighted by Crippen LogP contribution is 2.51. The lowest BCUT2D eigenvalue weighted by atomic mass is 9.71. The fourth-order valence-electron chi connectivity index (χ4n) is 5.43. The van der Waals surface area contributed by atoms with Crippen molar-refractivity contribution in [1.29, 1.82) is 0 Å². The van der Waals surface area contributed by atoms with Crippen molar-refractivity contribution in [1.82, 2.24) is 4.90 Å².